The molecule has 0 bridgehead atoms. The summed E-state index contributed by atoms with van der Waals surface area (Å²) in [6.45, 7) is 0. The van der Waals surface area contributed by atoms with Crippen molar-refractivity contribution < 1.29 is 9.50 Å². The average Bonchev–Trinajstić information content (AvgIpc) is 3.00. The summed E-state index contributed by atoms with van der Waals surface area (Å²) in [6.07, 6.45) is 10.2. The van der Waals surface area contributed by atoms with E-state index in [1.807, 2.05) is 6.07 Å². The predicted molar refractivity (Wildman–Crippen MR) is 82.4 cm³/mol. The van der Waals surface area contributed by atoms with Crippen molar-refractivity contribution in [3.05, 3.63) is 28.0 Å². The molecule has 0 amide bonds. The van der Waals surface area contributed by atoms with Crippen LogP contribution in [0.2, 0.25) is 0 Å². The van der Waals surface area contributed by atoms with E-state index in [0.717, 1.165) is 24.7 Å². The molecule has 1 aromatic carbocycles. The van der Waals surface area contributed by atoms with Gasteiger partial charge in [-0.15, -0.1) is 0 Å². The number of aromatic hydroxyl groups is 1. The number of phenols is 1. The van der Waals surface area contributed by atoms with Gasteiger partial charge in [0.1, 0.15) is 0 Å². The molecule has 110 valence electrons. The van der Waals surface area contributed by atoms with Gasteiger partial charge in [-0.25, -0.2) is 4.39 Å². The van der Waals surface area contributed by atoms with Gasteiger partial charge >= 0.3 is 0 Å². The molecular weight excluding hydrogens is 319 g/mol. The zero-order valence-electron chi connectivity index (χ0n) is 11.7. The predicted octanol–water partition coefficient (Wildman–Crippen LogP) is 5.76. The lowest BCUT2D eigenvalue weighted by atomic mass is 9.73. The van der Waals surface area contributed by atoms with Gasteiger partial charge in [-0.05, 0) is 71.0 Å². The van der Waals surface area contributed by atoms with Crippen molar-refractivity contribution in [1.82, 2.24) is 0 Å². The Balaban J connectivity index is 1.67. The number of rotatable bonds is 2. The molecule has 0 saturated heterocycles. The third kappa shape index (κ3) is 2.74. The molecule has 0 spiro atoms. The zero-order valence-corrected chi connectivity index (χ0v) is 13.3. The summed E-state index contributed by atoms with van der Waals surface area (Å²) in [5.74, 6) is 1.41. The molecule has 2 fully saturated rings. The van der Waals surface area contributed by atoms with E-state index in [1.165, 1.54) is 38.5 Å². The molecule has 2 aliphatic carbocycles. The first-order valence-electron chi connectivity index (χ1n) is 7.83. The van der Waals surface area contributed by atoms with Crippen LogP contribution in [0.1, 0.15) is 62.8 Å². The van der Waals surface area contributed by atoms with E-state index in [2.05, 4.69) is 15.9 Å². The van der Waals surface area contributed by atoms with Gasteiger partial charge < -0.3 is 5.11 Å². The highest BCUT2D eigenvalue weighted by Gasteiger charge is 2.31. The minimum atomic E-state index is -0.427. The van der Waals surface area contributed by atoms with E-state index in [-0.39, 0.29) is 11.7 Å². The van der Waals surface area contributed by atoms with Gasteiger partial charge in [0.25, 0.3) is 0 Å². The molecule has 0 heterocycles. The first-order valence-corrected chi connectivity index (χ1v) is 8.63. The molecule has 0 radical (unpaired) electrons. The highest BCUT2D eigenvalue weighted by Crippen LogP contribution is 2.45. The molecule has 3 rings (SSSR count). The fraction of sp³-hybridized carbons (Fsp3) is 0.647. The molecule has 1 nitrogen and oxygen atoms in total. The van der Waals surface area contributed by atoms with Crippen molar-refractivity contribution in [3.8, 4) is 5.75 Å². The lowest BCUT2D eigenvalue weighted by Gasteiger charge is -2.32. The van der Waals surface area contributed by atoms with E-state index in [0.29, 0.717) is 10.0 Å². The number of hydrogen-bond donors (Lipinski definition) is 1. The molecule has 20 heavy (non-hydrogen) atoms. The Labute approximate surface area is 128 Å². The summed E-state index contributed by atoms with van der Waals surface area (Å²) in [4.78, 5) is 0. The lowest BCUT2D eigenvalue weighted by molar-refractivity contribution is 0.233. The van der Waals surface area contributed by atoms with Crippen LogP contribution < -0.4 is 0 Å². The van der Waals surface area contributed by atoms with Gasteiger partial charge in [0.15, 0.2) is 11.6 Å². The number of hydrogen-bond acceptors (Lipinski definition) is 1. The van der Waals surface area contributed by atoms with Gasteiger partial charge in [-0.3, -0.25) is 0 Å². The Kier molecular flexibility index (Phi) is 4.34. The maximum atomic E-state index is 14.2. The molecule has 2 saturated carbocycles. The maximum Gasteiger partial charge on any atom is 0.169 e. The smallest absolute Gasteiger partial charge is 0.169 e. The SMILES string of the molecule is Oc1c(Br)ccc([C@H]2CC[C@H](C3CCCC3)CC2)c1F. The molecule has 2 aliphatic rings. The first kappa shape index (κ1) is 14.4. The molecule has 0 atom stereocenters. The Bertz CT molecular complexity index is 474. The Morgan fingerprint density at radius 1 is 0.950 bits per heavy atom. The van der Waals surface area contributed by atoms with Crippen molar-refractivity contribution in [2.75, 3.05) is 0 Å². The molecular formula is C17H22BrFO. The van der Waals surface area contributed by atoms with Crippen LogP contribution in [0.25, 0.3) is 0 Å². The third-order valence-electron chi connectivity index (χ3n) is 5.37. The van der Waals surface area contributed by atoms with Crippen molar-refractivity contribution in [2.45, 2.75) is 57.3 Å². The van der Waals surface area contributed by atoms with Crippen LogP contribution in [-0.4, -0.2) is 5.11 Å². The fourth-order valence-electron chi connectivity index (χ4n) is 4.20. The fourth-order valence-corrected chi connectivity index (χ4v) is 4.51. The van der Waals surface area contributed by atoms with Crippen molar-refractivity contribution >= 4 is 15.9 Å². The summed E-state index contributed by atoms with van der Waals surface area (Å²) in [6, 6.07) is 3.59. The molecule has 3 heteroatoms. The second-order valence-electron chi connectivity index (χ2n) is 6.46. The molecule has 1 N–H and O–H groups in total. The van der Waals surface area contributed by atoms with Crippen LogP contribution in [-0.2, 0) is 0 Å². The molecule has 0 unspecified atom stereocenters. The van der Waals surface area contributed by atoms with E-state index in [9.17, 15) is 9.50 Å². The number of phenolic OH excluding ortho intramolecular Hbond substituents is 1. The van der Waals surface area contributed by atoms with Crippen molar-refractivity contribution in [3.63, 3.8) is 0 Å². The third-order valence-corrected chi connectivity index (χ3v) is 6.01. The van der Waals surface area contributed by atoms with Crippen LogP contribution in [0, 0.1) is 17.7 Å². The van der Waals surface area contributed by atoms with Gasteiger partial charge in [-0.1, -0.05) is 31.7 Å². The standard InChI is InChI=1S/C17H22BrFO/c18-15-10-9-14(16(19)17(15)20)13-7-5-12(6-8-13)11-3-1-2-4-11/h9-13,20H,1-8H2/t12-,13-. The van der Waals surface area contributed by atoms with Crippen LogP contribution >= 0.6 is 15.9 Å². The Hall–Kier alpha value is -0.570. The van der Waals surface area contributed by atoms with Crippen molar-refractivity contribution in [1.29, 1.82) is 0 Å². The van der Waals surface area contributed by atoms with Crippen LogP contribution in [0.4, 0.5) is 4.39 Å². The van der Waals surface area contributed by atoms with Gasteiger partial charge in [-0.2, -0.15) is 0 Å². The summed E-state index contributed by atoms with van der Waals surface area (Å²) in [7, 11) is 0. The lowest BCUT2D eigenvalue weighted by Crippen LogP contribution is -2.19. The monoisotopic (exact) mass is 340 g/mol. The maximum absolute atomic E-state index is 14.2. The van der Waals surface area contributed by atoms with Crippen LogP contribution in [0.3, 0.4) is 0 Å². The summed E-state index contributed by atoms with van der Waals surface area (Å²) >= 11 is 3.17. The average molecular weight is 341 g/mol. The van der Waals surface area contributed by atoms with E-state index in [4.69, 9.17) is 0 Å². The highest BCUT2D eigenvalue weighted by molar-refractivity contribution is 9.10. The molecule has 0 aliphatic heterocycles. The quantitative estimate of drug-likeness (QED) is 0.725. The number of halogens is 2. The molecule has 1 aromatic rings. The Morgan fingerprint density at radius 2 is 1.55 bits per heavy atom. The first-order chi connectivity index (χ1) is 9.66. The van der Waals surface area contributed by atoms with Gasteiger partial charge in [0.05, 0.1) is 4.47 Å². The highest BCUT2D eigenvalue weighted by atomic mass is 79.9. The normalized spacial score (nSPS) is 27.9. The summed E-state index contributed by atoms with van der Waals surface area (Å²) in [5, 5.41) is 9.72. The molecule has 0 aromatic heterocycles. The van der Waals surface area contributed by atoms with Crippen molar-refractivity contribution in [2.24, 2.45) is 11.8 Å². The summed E-state index contributed by atoms with van der Waals surface area (Å²) in [5.41, 5.74) is 0.704. The topological polar surface area (TPSA) is 20.2 Å². The van der Waals surface area contributed by atoms with Crippen LogP contribution in [0.5, 0.6) is 5.75 Å². The number of benzene rings is 1. The van der Waals surface area contributed by atoms with Gasteiger partial charge in [0.2, 0.25) is 0 Å². The van der Waals surface area contributed by atoms with E-state index < -0.39 is 5.82 Å². The van der Waals surface area contributed by atoms with Crippen LogP contribution in [0.15, 0.2) is 16.6 Å². The van der Waals surface area contributed by atoms with Gasteiger partial charge in [0, 0.05) is 0 Å². The van der Waals surface area contributed by atoms with E-state index >= 15 is 0 Å². The minimum Gasteiger partial charge on any atom is -0.504 e. The second kappa shape index (κ2) is 6.05. The van der Waals surface area contributed by atoms with E-state index in [1.54, 1.807) is 6.07 Å². The zero-order chi connectivity index (χ0) is 14.1. The summed E-state index contributed by atoms with van der Waals surface area (Å²) < 4.78 is 14.6. The second-order valence-corrected chi connectivity index (χ2v) is 7.31. The largest absolute Gasteiger partial charge is 0.504 e. The minimum absolute atomic E-state index is 0.236. The Morgan fingerprint density at radius 3 is 2.20 bits per heavy atom.